The number of hydrogen-bond donors (Lipinski definition) is 2. The fraction of sp³-hybridized carbons (Fsp3) is 0.231. The summed E-state index contributed by atoms with van der Waals surface area (Å²) < 4.78 is 30.2. The molecule has 114 valence electrons. The van der Waals surface area contributed by atoms with Gasteiger partial charge < -0.3 is 10.1 Å². The zero-order valence-electron chi connectivity index (χ0n) is 11.5. The standard InChI is InChI=1S/C13H16N2O5S/c1-3-7-15-12(16)9-20-13(17)10-5-4-6-11(8-10)21(18,19)14-2/h3-6,8,14H,1,7,9H2,2H3,(H,15,16). The Hall–Kier alpha value is -2.19. The molecule has 0 radical (unpaired) electrons. The van der Waals surface area contributed by atoms with Crippen LogP contribution in [0.5, 0.6) is 0 Å². The molecule has 1 aromatic carbocycles. The van der Waals surface area contributed by atoms with Crippen molar-refractivity contribution in [3.63, 3.8) is 0 Å². The first-order valence-corrected chi connectivity index (χ1v) is 7.47. The van der Waals surface area contributed by atoms with Crippen molar-refractivity contribution in [1.82, 2.24) is 10.0 Å². The Morgan fingerprint density at radius 3 is 2.71 bits per heavy atom. The highest BCUT2D eigenvalue weighted by atomic mass is 32.2. The number of ether oxygens (including phenoxy) is 1. The van der Waals surface area contributed by atoms with Crippen molar-refractivity contribution < 1.29 is 22.7 Å². The molecule has 0 atom stereocenters. The summed E-state index contributed by atoms with van der Waals surface area (Å²) in [6, 6.07) is 5.34. The molecule has 0 fully saturated rings. The molecule has 2 N–H and O–H groups in total. The quantitative estimate of drug-likeness (QED) is 0.547. The van der Waals surface area contributed by atoms with Crippen molar-refractivity contribution in [2.24, 2.45) is 0 Å². The van der Waals surface area contributed by atoms with Crippen LogP contribution in [0.2, 0.25) is 0 Å². The van der Waals surface area contributed by atoms with Crippen molar-refractivity contribution in [3.05, 3.63) is 42.5 Å². The predicted octanol–water partition coefficient (Wildman–Crippen LogP) is 0.0537. The lowest BCUT2D eigenvalue weighted by atomic mass is 10.2. The number of carbonyl (C=O) groups is 2. The third kappa shape index (κ3) is 5.01. The van der Waals surface area contributed by atoms with E-state index in [0.29, 0.717) is 0 Å². The van der Waals surface area contributed by atoms with Gasteiger partial charge in [0.15, 0.2) is 6.61 Å². The van der Waals surface area contributed by atoms with E-state index in [0.717, 1.165) is 0 Å². The molecule has 7 nitrogen and oxygen atoms in total. The Labute approximate surface area is 123 Å². The van der Waals surface area contributed by atoms with Crippen LogP contribution in [0.4, 0.5) is 0 Å². The van der Waals surface area contributed by atoms with Crippen molar-refractivity contribution in [1.29, 1.82) is 0 Å². The summed E-state index contributed by atoms with van der Waals surface area (Å²) in [7, 11) is -2.38. The summed E-state index contributed by atoms with van der Waals surface area (Å²) in [4.78, 5) is 23.0. The van der Waals surface area contributed by atoms with E-state index in [1.165, 1.54) is 37.4 Å². The van der Waals surface area contributed by atoms with Crippen LogP contribution in [0.1, 0.15) is 10.4 Å². The molecule has 1 rings (SSSR count). The SMILES string of the molecule is C=CCNC(=O)COC(=O)c1cccc(S(=O)(=O)NC)c1. The Balaban J connectivity index is 2.73. The van der Waals surface area contributed by atoms with Crippen LogP contribution < -0.4 is 10.0 Å². The van der Waals surface area contributed by atoms with Crippen LogP contribution in [0, 0.1) is 0 Å². The zero-order chi connectivity index (χ0) is 15.9. The maximum atomic E-state index is 11.8. The summed E-state index contributed by atoms with van der Waals surface area (Å²) in [6.45, 7) is 3.25. The van der Waals surface area contributed by atoms with Crippen LogP contribution >= 0.6 is 0 Å². The highest BCUT2D eigenvalue weighted by molar-refractivity contribution is 7.89. The van der Waals surface area contributed by atoms with Crippen molar-refractivity contribution >= 4 is 21.9 Å². The smallest absolute Gasteiger partial charge is 0.338 e. The number of rotatable bonds is 7. The number of nitrogens with one attached hydrogen (secondary N) is 2. The van der Waals surface area contributed by atoms with Gasteiger partial charge >= 0.3 is 5.97 Å². The van der Waals surface area contributed by atoms with Gasteiger partial charge in [0.2, 0.25) is 10.0 Å². The molecule has 8 heteroatoms. The number of hydrogen-bond acceptors (Lipinski definition) is 5. The summed E-state index contributed by atoms with van der Waals surface area (Å²) >= 11 is 0. The second-order valence-corrected chi connectivity index (χ2v) is 5.79. The van der Waals surface area contributed by atoms with E-state index in [9.17, 15) is 18.0 Å². The predicted molar refractivity (Wildman–Crippen MR) is 76.2 cm³/mol. The third-order valence-corrected chi connectivity index (χ3v) is 3.84. The maximum absolute atomic E-state index is 11.8. The van der Waals surface area contributed by atoms with Gasteiger partial charge in [0, 0.05) is 6.54 Å². The van der Waals surface area contributed by atoms with Crippen molar-refractivity contribution in [2.45, 2.75) is 4.90 Å². The number of sulfonamides is 1. The Kier molecular flexibility index (Phi) is 6.07. The van der Waals surface area contributed by atoms with Gasteiger partial charge in [-0.1, -0.05) is 12.1 Å². The lowest BCUT2D eigenvalue weighted by Crippen LogP contribution is -2.28. The molecule has 0 aliphatic heterocycles. The molecule has 0 heterocycles. The summed E-state index contributed by atoms with van der Waals surface area (Å²) in [6.07, 6.45) is 1.49. The highest BCUT2D eigenvalue weighted by Gasteiger charge is 2.15. The highest BCUT2D eigenvalue weighted by Crippen LogP contribution is 2.12. The Morgan fingerprint density at radius 1 is 1.38 bits per heavy atom. The molecule has 21 heavy (non-hydrogen) atoms. The number of esters is 1. The molecule has 0 saturated carbocycles. The van der Waals surface area contributed by atoms with Gasteiger partial charge in [0.25, 0.3) is 5.91 Å². The van der Waals surface area contributed by atoms with E-state index in [2.05, 4.69) is 16.6 Å². The van der Waals surface area contributed by atoms with E-state index >= 15 is 0 Å². The second-order valence-electron chi connectivity index (χ2n) is 3.90. The van der Waals surface area contributed by atoms with Crippen molar-refractivity contribution in [2.75, 3.05) is 20.2 Å². The van der Waals surface area contributed by atoms with Gasteiger partial charge in [-0.2, -0.15) is 0 Å². The molecule has 1 amide bonds. The molecule has 0 spiro atoms. The van der Waals surface area contributed by atoms with Gasteiger partial charge in [0.05, 0.1) is 10.5 Å². The van der Waals surface area contributed by atoms with E-state index in [1.54, 1.807) is 0 Å². The Bertz CT molecular complexity index is 640. The minimum absolute atomic E-state index is 0.0443. The summed E-state index contributed by atoms with van der Waals surface area (Å²) in [5.74, 6) is -1.25. The molecule has 0 aromatic heterocycles. The van der Waals surface area contributed by atoms with Crippen LogP contribution in [0.25, 0.3) is 0 Å². The van der Waals surface area contributed by atoms with E-state index in [4.69, 9.17) is 4.74 Å². The topological polar surface area (TPSA) is 102 Å². The maximum Gasteiger partial charge on any atom is 0.338 e. The molecule has 0 aliphatic rings. The monoisotopic (exact) mass is 312 g/mol. The van der Waals surface area contributed by atoms with Crippen LogP contribution in [0.15, 0.2) is 41.8 Å². The normalized spacial score (nSPS) is 10.7. The van der Waals surface area contributed by atoms with Gasteiger partial charge in [0.1, 0.15) is 0 Å². The van der Waals surface area contributed by atoms with Crippen molar-refractivity contribution in [3.8, 4) is 0 Å². The largest absolute Gasteiger partial charge is 0.452 e. The van der Waals surface area contributed by atoms with Crippen LogP contribution in [0.3, 0.4) is 0 Å². The van der Waals surface area contributed by atoms with Gasteiger partial charge in [-0.15, -0.1) is 6.58 Å². The molecular weight excluding hydrogens is 296 g/mol. The first-order valence-electron chi connectivity index (χ1n) is 5.99. The van der Waals surface area contributed by atoms with E-state index in [-0.39, 0.29) is 17.0 Å². The average Bonchev–Trinajstić information content (AvgIpc) is 2.50. The average molecular weight is 312 g/mol. The van der Waals surface area contributed by atoms with E-state index < -0.39 is 28.5 Å². The van der Waals surface area contributed by atoms with Gasteiger partial charge in [-0.3, -0.25) is 4.79 Å². The van der Waals surface area contributed by atoms with Gasteiger partial charge in [-0.05, 0) is 25.2 Å². The fourth-order valence-electron chi connectivity index (χ4n) is 1.36. The molecule has 0 unspecified atom stereocenters. The zero-order valence-corrected chi connectivity index (χ0v) is 12.3. The molecular formula is C13H16N2O5S. The fourth-order valence-corrected chi connectivity index (χ4v) is 2.14. The Morgan fingerprint density at radius 2 is 2.10 bits per heavy atom. The van der Waals surface area contributed by atoms with Crippen LogP contribution in [-0.4, -0.2) is 40.5 Å². The second kappa shape index (κ2) is 7.55. The third-order valence-electron chi connectivity index (χ3n) is 2.43. The minimum Gasteiger partial charge on any atom is -0.452 e. The molecule has 0 saturated heterocycles. The number of amides is 1. The molecule has 0 bridgehead atoms. The molecule has 1 aromatic rings. The first kappa shape index (κ1) is 16.9. The number of benzene rings is 1. The summed E-state index contributed by atoms with van der Waals surface area (Å²) in [5, 5.41) is 2.44. The lowest BCUT2D eigenvalue weighted by molar-refractivity contribution is -0.124. The lowest BCUT2D eigenvalue weighted by Gasteiger charge is -2.07. The van der Waals surface area contributed by atoms with E-state index in [1.807, 2.05) is 0 Å². The summed E-state index contributed by atoms with van der Waals surface area (Å²) in [5.41, 5.74) is 0.0443. The molecule has 0 aliphatic carbocycles. The van der Waals surface area contributed by atoms with Crippen LogP contribution in [-0.2, 0) is 19.6 Å². The minimum atomic E-state index is -3.65. The first-order chi connectivity index (χ1) is 9.90. The van der Waals surface area contributed by atoms with Gasteiger partial charge in [-0.25, -0.2) is 17.9 Å². The number of carbonyl (C=O) groups excluding carboxylic acids is 2.